The zero-order chi connectivity index (χ0) is 19.6. The summed E-state index contributed by atoms with van der Waals surface area (Å²) < 4.78 is 33.1. The second-order valence-electron chi connectivity index (χ2n) is 5.84. The lowest BCUT2D eigenvalue weighted by atomic mass is 10.1. The van der Waals surface area contributed by atoms with Crippen LogP contribution in [0.25, 0.3) is 10.9 Å². The van der Waals surface area contributed by atoms with Crippen LogP contribution in [0, 0.1) is 0 Å². The number of aromatic amines is 1. The Labute approximate surface area is 161 Å². The third-order valence-corrected chi connectivity index (χ3v) is 4.68. The number of H-pyrrole nitrogens is 1. The molecule has 0 radical (unpaired) electrons. The van der Waals surface area contributed by atoms with Crippen molar-refractivity contribution in [3.05, 3.63) is 57.7 Å². The van der Waals surface area contributed by atoms with Gasteiger partial charge in [-0.2, -0.15) is 13.9 Å². The van der Waals surface area contributed by atoms with Gasteiger partial charge in [-0.25, -0.2) is 0 Å². The molecule has 9 heteroatoms. The number of fused-ring (bicyclic) bond motifs is 1. The van der Waals surface area contributed by atoms with Crippen LogP contribution in [0.1, 0.15) is 21.5 Å². The van der Waals surface area contributed by atoms with Crippen molar-refractivity contribution in [2.24, 2.45) is 0 Å². The van der Waals surface area contributed by atoms with Gasteiger partial charge < -0.3 is 15.2 Å². The first-order chi connectivity index (χ1) is 12.9. The number of rotatable bonds is 6. The molecule has 6 nitrogen and oxygen atoms in total. The van der Waals surface area contributed by atoms with E-state index in [1.165, 1.54) is 25.3 Å². The molecular formula is C18H16BrF2N3O3. The predicted molar refractivity (Wildman–Crippen MR) is 98.9 cm³/mol. The molecule has 142 valence electrons. The first-order valence-corrected chi connectivity index (χ1v) is 8.72. The highest BCUT2D eigenvalue weighted by atomic mass is 79.9. The molecule has 1 aromatic heterocycles. The standard InChI is InChI=1S/C18H16BrF2N3O3/c1-27-16-13-8-23-24-15(13)12(6-14(16)19)17(26)22-7-10-3-2-4-11(5-10)18(20,21)9-25/h2-6,8,25H,7,9H2,1H3,(H,22,26)(H,23,24). The lowest BCUT2D eigenvalue weighted by molar-refractivity contribution is -0.0556. The van der Waals surface area contributed by atoms with Crippen LogP contribution in [0.3, 0.4) is 0 Å². The Morgan fingerprint density at radius 3 is 2.89 bits per heavy atom. The second kappa shape index (κ2) is 7.61. The topological polar surface area (TPSA) is 87.2 Å². The minimum Gasteiger partial charge on any atom is -0.495 e. The van der Waals surface area contributed by atoms with Gasteiger partial charge in [0.05, 0.1) is 34.2 Å². The number of halogens is 3. The zero-order valence-corrected chi connectivity index (χ0v) is 15.8. The number of carbonyl (C=O) groups excluding carboxylic acids is 1. The molecule has 0 saturated carbocycles. The van der Waals surface area contributed by atoms with E-state index in [0.717, 1.165) is 0 Å². The molecule has 1 heterocycles. The smallest absolute Gasteiger partial charge is 0.295 e. The van der Waals surface area contributed by atoms with Crippen LogP contribution in [-0.4, -0.2) is 34.9 Å². The Hall–Kier alpha value is -2.52. The van der Waals surface area contributed by atoms with Crippen LogP contribution >= 0.6 is 15.9 Å². The lowest BCUT2D eigenvalue weighted by Crippen LogP contribution is -2.24. The highest BCUT2D eigenvalue weighted by Gasteiger charge is 2.30. The Morgan fingerprint density at radius 1 is 1.41 bits per heavy atom. The van der Waals surface area contributed by atoms with Gasteiger partial charge in [0.25, 0.3) is 11.8 Å². The summed E-state index contributed by atoms with van der Waals surface area (Å²) in [6.45, 7) is -1.23. The summed E-state index contributed by atoms with van der Waals surface area (Å²) in [6.07, 6.45) is 1.55. The Balaban J connectivity index is 1.82. The van der Waals surface area contributed by atoms with E-state index in [-0.39, 0.29) is 12.1 Å². The number of ether oxygens (including phenoxy) is 1. The van der Waals surface area contributed by atoms with E-state index in [4.69, 9.17) is 9.84 Å². The first-order valence-electron chi connectivity index (χ1n) is 7.93. The SMILES string of the molecule is COc1c(Br)cc(C(=O)NCc2cccc(C(F)(F)CO)c2)c2[nH]ncc12. The number of carbonyl (C=O) groups is 1. The number of methoxy groups -OCH3 is 1. The van der Waals surface area contributed by atoms with Crippen molar-refractivity contribution in [2.45, 2.75) is 12.5 Å². The maximum Gasteiger partial charge on any atom is 0.295 e. The molecule has 3 aromatic rings. The van der Waals surface area contributed by atoms with Crippen LogP contribution in [0.15, 0.2) is 41.0 Å². The summed E-state index contributed by atoms with van der Waals surface area (Å²) in [5.41, 5.74) is 1.03. The van der Waals surface area contributed by atoms with Gasteiger partial charge >= 0.3 is 0 Å². The summed E-state index contributed by atoms with van der Waals surface area (Å²) in [4.78, 5) is 12.6. The third kappa shape index (κ3) is 3.79. The molecule has 0 aliphatic rings. The maximum atomic E-state index is 13.6. The van der Waals surface area contributed by atoms with Gasteiger partial charge in [-0.3, -0.25) is 9.89 Å². The number of nitrogens with zero attached hydrogens (tertiary/aromatic N) is 1. The van der Waals surface area contributed by atoms with Gasteiger partial charge in [0.1, 0.15) is 12.4 Å². The second-order valence-corrected chi connectivity index (χ2v) is 6.70. The number of benzene rings is 2. The van der Waals surface area contributed by atoms with E-state index in [0.29, 0.717) is 32.3 Å². The Kier molecular flexibility index (Phi) is 5.43. The van der Waals surface area contributed by atoms with E-state index in [2.05, 4.69) is 31.4 Å². The van der Waals surface area contributed by atoms with Gasteiger partial charge in [-0.05, 0) is 33.6 Å². The fourth-order valence-electron chi connectivity index (χ4n) is 2.72. The molecular weight excluding hydrogens is 424 g/mol. The fraction of sp³-hybridized carbons (Fsp3) is 0.222. The van der Waals surface area contributed by atoms with Crippen LogP contribution in [0.5, 0.6) is 5.75 Å². The Bertz CT molecular complexity index is 991. The van der Waals surface area contributed by atoms with Gasteiger partial charge in [0.2, 0.25) is 0 Å². The fourth-order valence-corrected chi connectivity index (χ4v) is 3.33. The largest absolute Gasteiger partial charge is 0.495 e. The van der Waals surface area contributed by atoms with Crippen molar-refractivity contribution < 1.29 is 23.4 Å². The van der Waals surface area contributed by atoms with E-state index in [9.17, 15) is 13.6 Å². The number of aliphatic hydroxyl groups excluding tert-OH is 1. The van der Waals surface area contributed by atoms with Gasteiger partial charge in [0, 0.05) is 12.1 Å². The number of aromatic nitrogens is 2. The van der Waals surface area contributed by atoms with Crippen molar-refractivity contribution in [1.29, 1.82) is 0 Å². The van der Waals surface area contributed by atoms with Crippen LogP contribution in [0.2, 0.25) is 0 Å². The summed E-state index contributed by atoms with van der Waals surface area (Å²) in [7, 11) is 1.52. The predicted octanol–water partition coefficient (Wildman–Crippen LogP) is 3.35. The molecule has 0 aliphatic heterocycles. The number of aliphatic hydroxyl groups is 1. The van der Waals surface area contributed by atoms with Crippen LogP contribution in [0.4, 0.5) is 8.78 Å². The van der Waals surface area contributed by atoms with Crippen LogP contribution < -0.4 is 10.1 Å². The van der Waals surface area contributed by atoms with Crippen molar-refractivity contribution in [2.75, 3.05) is 13.7 Å². The Morgan fingerprint density at radius 2 is 2.19 bits per heavy atom. The molecule has 0 fully saturated rings. The average molecular weight is 440 g/mol. The molecule has 0 aliphatic carbocycles. The van der Waals surface area contributed by atoms with Gasteiger partial charge in [-0.1, -0.05) is 18.2 Å². The lowest BCUT2D eigenvalue weighted by Gasteiger charge is -2.15. The van der Waals surface area contributed by atoms with Crippen LogP contribution in [-0.2, 0) is 12.5 Å². The van der Waals surface area contributed by atoms with Crippen molar-refractivity contribution >= 4 is 32.7 Å². The number of alkyl halides is 2. The number of hydrogen-bond donors (Lipinski definition) is 3. The van der Waals surface area contributed by atoms with E-state index >= 15 is 0 Å². The molecule has 0 bridgehead atoms. The minimum atomic E-state index is -3.33. The normalized spacial score (nSPS) is 11.6. The van der Waals surface area contributed by atoms with Gasteiger partial charge in [-0.15, -0.1) is 0 Å². The summed E-state index contributed by atoms with van der Waals surface area (Å²) in [5.74, 6) is -3.18. The average Bonchev–Trinajstić information content (AvgIpc) is 3.15. The number of nitrogens with one attached hydrogen (secondary N) is 2. The van der Waals surface area contributed by atoms with E-state index in [1.807, 2.05) is 0 Å². The summed E-state index contributed by atoms with van der Waals surface area (Å²) >= 11 is 3.36. The first kappa shape index (κ1) is 19.2. The molecule has 27 heavy (non-hydrogen) atoms. The van der Waals surface area contributed by atoms with Crippen molar-refractivity contribution in [3.63, 3.8) is 0 Å². The molecule has 0 unspecified atom stereocenters. The highest BCUT2D eigenvalue weighted by molar-refractivity contribution is 9.10. The van der Waals surface area contributed by atoms with Crippen molar-refractivity contribution in [1.82, 2.24) is 15.5 Å². The number of amides is 1. The minimum absolute atomic E-state index is 0.0491. The molecule has 3 rings (SSSR count). The highest BCUT2D eigenvalue weighted by Crippen LogP contribution is 2.35. The molecule has 0 spiro atoms. The number of hydrogen-bond acceptors (Lipinski definition) is 4. The van der Waals surface area contributed by atoms with Crippen molar-refractivity contribution in [3.8, 4) is 5.75 Å². The van der Waals surface area contributed by atoms with E-state index in [1.54, 1.807) is 18.3 Å². The quantitative estimate of drug-likeness (QED) is 0.549. The molecule has 1 amide bonds. The summed E-state index contributed by atoms with van der Waals surface area (Å²) in [6, 6.07) is 7.16. The van der Waals surface area contributed by atoms with E-state index < -0.39 is 18.4 Å². The zero-order valence-electron chi connectivity index (χ0n) is 14.2. The maximum absolute atomic E-state index is 13.6. The molecule has 2 aromatic carbocycles. The molecule has 0 atom stereocenters. The molecule has 3 N–H and O–H groups in total. The van der Waals surface area contributed by atoms with Gasteiger partial charge in [0.15, 0.2) is 0 Å². The third-order valence-electron chi connectivity index (χ3n) is 4.09. The monoisotopic (exact) mass is 439 g/mol. The summed E-state index contributed by atoms with van der Waals surface area (Å²) in [5, 5.41) is 18.9. The molecule has 0 saturated heterocycles.